The first-order valence-corrected chi connectivity index (χ1v) is 2.91. The molecule has 0 bridgehead atoms. The molecular formula is C6H10O3. The third kappa shape index (κ3) is 1.30. The molecule has 0 aliphatic heterocycles. The van der Waals surface area contributed by atoms with E-state index in [1.54, 1.807) is 0 Å². The number of aliphatic hydroxyl groups excluding tert-OH is 3. The summed E-state index contributed by atoms with van der Waals surface area (Å²) >= 11 is 0. The minimum absolute atomic E-state index is 0.155. The van der Waals surface area contributed by atoms with Gasteiger partial charge < -0.3 is 15.3 Å². The van der Waals surface area contributed by atoms with E-state index in [4.69, 9.17) is 15.3 Å². The van der Waals surface area contributed by atoms with Crippen molar-refractivity contribution in [1.82, 2.24) is 0 Å². The van der Waals surface area contributed by atoms with Crippen LogP contribution in [-0.4, -0.2) is 34.1 Å². The molecule has 0 aromatic heterocycles. The zero-order valence-electron chi connectivity index (χ0n) is 4.99. The quantitative estimate of drug-likeness (QED) is 0.400. The summed E-state index contributed by atoms with van der Waals surface area (Å²) in [6.07, 6.45) is 0.618. The molecule has 9 heavy (non-hydrogen) atoms. The van der Waals surface area contributed by atoms with E-state index in [2.05, 4.69) is 0 Å². The molecule has 3 N–H and O–H groups in total. The van der Waals surface area contributed by atoms with Crippen LogP contribution in [-0.2, 0) is 0 Å². The van der Waals surface area contributed by atoms with Crippen molar-refractivity contribution in [2.75, 3.05) is 6.61 Å². The summed E-state index contributed by atoms with van der Waals surface area (Å²) < 4.78 is 0. The maximum atomic E-state index is 8.97. The fraction of sp³-hybridized carbons (Fsp3) is 0.667. The summed E-state index contributed by atoms with van der Waals surface area (Å²) in [5.74, 6) is 0. The largest absolute Gasteiger partial charge is 0.392 e. The third-order valence-electron chi connectivity index (χ3n) is 1.48. The summed E-state index contributed by atoms with van der Waals surface area (Å²) in [6, 6.07) is 0. The average Bonchev–Trinajstić information content (AvgIpc) is 2.10. The second kappa shape index (κ2) is 2.47. The van der Waals surface area contributed by atoms with Gasteiger partial charge in [-0.05, 0) is 5.57 Å². The van der Waals surface area contributed by atoms with Gasteiger partial charge in [0.25, 0.3) is 0 Å². The fourth-order valence-corrected chi connectivity index (χ4v) is 0.964. The fourth-order valence-electron chi connectivity index (χ4n) is 0.964. The Labute approximate surface area is 53.3 Å². The molecular weight excluding hydrogens is 120 g/mol. The molecule has 2 atom stereocenters. The Balaban J connectivity index is 2.57. The molecule has 0 aromatic carbocycles. The summed E-state index contributed by atoms with van der Waals surface area (Å²) in [4.78, 5) is 0. The van der Waals surface area contributed by atoms with Gasteiger partial charge in [-0.1, -0.05) is 6.08 Å². The van der Waals surface area contributed by atoms with Crippen LogP contribution in [0.25, 0.3) is 0 Å². The van der Waals surface area contributed by atoms with Gasteiger partial charge in [0.05, 0.1) is 18.8 Å². The Kier molecular flexibility index (Phi) is 1.85. The lowest BCUT2D eigenvalue weighted by Gasteiger charge is -2.02. The highest BCUT2D eigenvalue weighted by Crippen LogP contribution is 2.17. The van der Waals surface area contributed by atoms with E-state index in [0.29, 0.717) is 12.0 Å². The molecule has 3 nitrogen and oxygen atoms in total. The van der Waals surface area contributed by atoms with Gasteiger partial charge in [-0.3, -0.25) is 0 Å². The van der Waals surface area contributed by atoms with Crippen molar-refractivity contribution < 1.29 is 15.3 Å². The van der Waals surface area contributed by atoms with Gasteiger partial charge in [0.2, 0.25) is 0 Å². The molecule has 1 aliphatic carbocycles. The average molecular weight is 130 g/mol. The molecule has 0 unspecified atom stereocenters. The summed E-state index contributed by atoms with van der Waals surface area (Å²) in [7, 11) is 0. The number of hydrogen-bond donors (Lipinski definition) is 3. The maximum Gasteiger partial charge on any atom is 0.0800 e. The van der Waals surface area contributed by atoms with Crippen molar-refractivity contribution in [2.24, 2.45) is 0 Å². The topological polar surface area (TPSA) is 60.7 Å². The standard InChI is InChI=1S/C6H10O3/c7-3-4-1-5(8)2-6(4)9/h1,5-9H,2-3H2/t5-,6-/m0/s1. The molecule has 52 valence electrons. The van der Waals surface area contributed by atoms with E-state index in [-0.39, 0.29) is 6.61 Å². The Hall–Kier alpha value is -0.380. The SMILES string of the molecule is OCC1=C[C@H](O)C[C@@H]1O. The van der Waals surface area contributed by atoms with Crippen LogP contribution in [0.15, 0.2) is 11.6 Å². The molecule has 1 rings (SSSR count). The van der Waals surface area contributed by atoms with Gasteiger partial charge in [0.1, 0.15) is 0 Å². The zero-order chi connectivity index (χ0) is 6.85. The Morgan fingerprint density at radius 3 is 2.44 bits per heavy atom. The van der Waals surface area contributed by atoms with Crippen LogP contribution in [0.3, 0.4) is 0 Å². The lowest BCUT2D eigenvalue weighted by atomic mass is 10.2. The van der Waals surface area contributed by atoms with Crippen molar-refractivity contribution in [1.29, 1.82) is 0 Å². The number of hydrogen-bond acceptors (Lipinski definition) is 3. The van der Waals surface area contributed by atoms with Crippen molar-refractivity contribution in [3.63, 3.8) is 0 Å². The minimum Gasteiger partial charge on any atom is -0.392 e. The predicted octanol–water partition coefficient (Wildman–Crippen LogP) is -0.969. The molecule has 3 heteroatoms. The van der Waals surface area contributed by atoms with Gasteiger partial charge in [-0.2, -0.15) is 0 Å². The van der Waals surface area contributed by atoms with Crippen LogP contribution in [0.1, 0.15) is 6.42 Å². The monoisotopic (exact) mass is 130 g/mol. The first kappa shape index (κ1) is 6.74. The van der Waals surface area contributed by atoms with Gasteiger partial charge in [0.15, 0.2) is 0 Å². The van der Waals surface area contributed by atoms with E-state index in [1.165, 1.54) is 6.08 Å². The van der Waals surface area contributed by atoms with Crippen LogP contribution in [0.4, 0.5) is 0 Å². The summed E-state index contributed by atoms with van der Waals surface area (Å²) in [6.45, 7) is -0.155. The number of aliphatic hydroxyl groups is 3. The molecule has 0 fully saturated rings. The predicted molar refractivity (Wildman–Crippen MR) is 31.8 cm³/mol. The van der Waals surface area contributed by atoms with Gasteiger partial charge in [0, 0.05) is 6.42 Å². The minimum atomic E-state index is -0.634. The first-order valence-electron chi connectivity index (χ1n) is 2.91. The molecule has 0 heterocycles. The summed E-state index contributed by atoms with van der Waals surface area (Å²) in [5.41, 5.74) is 0.530. The van der Waals surface area contributed by atoms with Crippen LogP contribution in [0.5, 0.6) is 0 Å². The highest BCUT2D eigenvalue weighted by atomic mass is 16.3. The smallest absolute Gasteiger partial charge is 0.0800 e. The zero-order valence-corrected chi connectivity index (χ0v) is 4.99. The molecule has 0 saturated carbocycles. The lowest BCUT2D eigenvalue weighted by Crippen LogP contribution is -2.09. The Morgan fingerprint density at radius 1 is 1.56 bits per heavy atom. The van der Waals surface area contributed by atoms with Crippen LogP contribution in [0, 0.1) is 0 Å². The lowest BCUT2D eigenvalue weighted by molar-refractivity contribution is 0.140. The molecule has 0 amide bonds. The van der Waals surface area contributed by atoms with E-state index in [0.717, 1.165) is 0 Å². The molecule has 0 spiro atoms. The summed E-state index contributed by atoms with van der Waals surface area (Å²) in [5, 5.41) is 26.3. The normalized spacial score (nSPS) is 34.8. The van der Waals surface area contributed by atoms with Crippen LogP contribution >= 0.6 is 0 Å². The van der Waals surface area contributed by atoms with E-state index >= 15 is 0 Å². The number of rotatable bonds is 1. The maximum absolute atomic E-state index is 8.97. The van der Waals surface area contributed by atoms with Gasteiger partial charge in [-0.25, -0.2) is 0 Å². The second-order valence-corrected chi connectivity index (χ2v) is 2.22. The van der Waals surface area contributed by atoms with Crippen molar-refractivity contribution >= 4 is 0 Å². The molecule has 0 aromatic rings. The van der Waals surface area contributed by atoms with Crippen molar-refractivity contribution in [3.05, 3.63) is 11.6 Å². The van der Waals surface area contributed by atoms with E-state index in [9.17, 15) is 0 Å². The van der Waals surface area contributed by atoms with Gasteiger partial charge in [-0.15, -0.1) is 0 Å². The van der Waals surface area contributed by atoms with Crippen LogP contribution < -0.4 is 0 Å². The van der Waals surface area contributed by atoms with Crippen molar-refractivity contribution in [2.45, 2.75) is 18.6 Å². The third-order valence-corrected chi connectivity index (χ3v) is 1.48. The highest BCUT2D eigenvalue weighted by Gasteiger charge is 2.21. The highest BCUT2D eigenvalue weighted by molar-refractivity contribution is 5.17. The molecule has 0 saturated heterocycles. The molecule has 0 radical (unpaired) electrons. The Morgan fingerprint density at radius 2 is 2.22 bits per heavy atom. The first-order chi connectivity index (χ1) is 4.24. The van der Waals surface area contributed by atoms with E-state index in [1.807, 2.05) is 0 Å². The van der Waals surface area contributed by atoms with Gasteiger partial charge >= 0.3 is 0 Å². The second-order valence-electron chi connectivity index (χ2n) is 2.22. The van der Waals surface area contributed by atoms with Crippen LogP contribution in [0.2, 0.25) is 0 Å². The van der Waals surface area contributed by atoms with E-state index < -0.39 is 12.2 Å². The Bertz CT molecular complexity index is 130. The molecule has 1 aliphatic rings. The van der Waals surface area contributed by atoms with Crippen molar-refractivity contribution in [3.8, 4) is 0 Å².